The lowest BCUT2D eigenvalue weighted by Crippen LogP contribution is -2.54. The summed E-state index contributed by atoms with van der Waals surface area (Å²) >= 11 is 4.48. The second-order valence-corrected chi connectivity index (χ2v) is 6.86. The fourth-order valence-corrected chi connectivity index (χ4v) is 3.77. The topological polar surface area (TPSA) is 32.7 Å². The van der Waals surface area contributed by atoms with E-state index in [1.165, 1.54) is 5.56 Å². The Bertz CT molecular complexity index is 635. The molecule has 0 aromatic heterocycles. The zero-order valence-electron chi connectivity index (χ0n) is 12.4. The first-order valence-corrected chi connectivity index (χ1v) is 7.73. The number of benzene rings is 1. The van der Waals surface area contributed by atoms with Crippen LogP contribution >= 0.6 is 12.6 Å². The van der Waals surface area contributed by atoms with Gasteiger partial charge in [-0.15, -0.1) is 19.2 Å². The molecule has 0 fully saturated rings. The maximum Gasteiger partial charge on any atom is 0.234 e. The van der Waals surface area contributed by atoms with Gasteiger partial charge in [-0.2, -0.15) is 0 Å². The summed E-state index contributed by atoms with van der Waals surface area (Å²) in [6.45, 7) is 8.50. The summed E-state index contributed by atoms with van der Waals surface area (Å²) in [5, 5.41) is 0. The second-order valence-electron chi connectivity index (χ2n) is 6.40. The summed E-state index contributed by atoms with van der Waals surface area (Å²) in [5.74, 6) is -0.0878. The number of thiol groups is 1. The largest absolute Gasteiger partial charge is 0.308 e. The average Bonchev–Trinajstić information content (AvgIpc) is 2.42. The van der Waals surface area contributed by atoms with Crippen molar-refractivity contribution in [2.24, 2.45) is 16.3 Å². The van der Waals surface area contributed by atoms with E-state index in [4.69, 9.17) is 4.99 Å². The molecule has 4 heteroatoms. The lowest BCUT2D eigenvalue weighted by Gasteiger charge is -2.45. The van der Waals surface area contributed by atoms with Crippen LogP contribution in [0.3, 0.4) is 0 Å². The van der Waals surface area contributed by atoms with Gasteiger partial charge in [0, 0.05) is 6.54 Å². The van der Waals surface area contributed by atoms with Crippen molar-refractivity contribution < 1.29 is 4.79 Å². The molecule has 3 nitrogen and oxygen atoms in total. The number of aliphatic imine (C=N–C) groups is 1. The van der Waals surface area contributed by atoms with Gasteiger partial charge in [-0.1, -0.05) is 44.2 Å². The summed E-state index contributed by atoms with van der Waals surface area (Å²) in [4.78, 5) is 19.4. The minimum atomic E-state index is -0.427. The first-order chi connectivity index (χ1) is 9.95. The summed E-state index contributed by atoms with van der Waals surface area (Å²) in [7, 11) is 0. The molecule has 0 N–H and O–H groups in total. The molecule has 2 atom stereocenters. The number of nitrogens with zero attached hydrogens (tertiary/aromatic N) is 2. The van der Waals surface area contributed by atoms with Crippen LogP contribution in [-0.2, 0) is 11.2 Å². The molecule has 1 heterocycles. The molecular formula is C17H20N2OS. The normalized spacial score (nSPS) is 26.7. The van der Waals surface area contributed by atoms with E-state index < -0.39 is 5.50 Å². The molecule has 2 unspecified atom stereocenters. The summed E-state index contributed by atoms with van der Waals surface area (Å²) < 4.78 is 0. The van der Waals surface area contributed by atoms with Crippen molar-refractivity contribution in [1.29, 1.82) is 0 Å². The Morgan fingerprint density at radius 3 is 2.90 bits per heavy atom. The molecule has 1 amide bonds. The van der Waals surface area contributed by atoms with E-state index in [-0.39, 0.29) is 17.2 Å². The molecule has 0 saturated heterocycles. The lowest BCUT2D eigenvalue weighted by molar-refractivity contribution is -0.137. The first-order valence-electron chi connectivity index (χ1n) is 7.21. The summed E-state index contributed by atoms with van der Waals surface area (Å²) in [6, 6.07) is 8.24. The van der Waals surface area contributed by atoms with Crippen LogP contribution in [0.5, 0.6) is 0 Å². The number of amides is 1. The van der Waals surface area contributed by atoms with Crippen molar-refractivity contribution in [3.63, 3.8) is 0 Å². The minimum Gasteiger partial charge on any atom is -0.308 e. The predicted molar refractivity (Wildman–Crippen MR) is 88.6 cm³/mol. The van der Waals surface area contributed by atoms with Crippen molar-refractivity contribution in [1.82, 2.24) is 4.90 Å². The second kappa shape index (κ2) is 5.02. The zero-order chi connectivity index (χ0) is 15.2. The van der Waals surface area contributed by atoms with Gasteiger partial charge in [0.05, 0.1) is 11.6 Å². The highest BCUT2D eigenvalue weighted by Gasteiger charge is 2.48. The Balaban J connectivity index is 2.16. The third-order valence-electron chi connectivity index (χ3n) is 4.38. The molecule has 0 bridgehead atoms. The van der Waals surface area contributed by atoms with Gasteiger partial charge < -0.3 is 4.90 Å². The fraction of sp³-hybridized carbons (Fsp3) is 0.412. The fourth-order valence-electron chi connectivity index (χ4n) is 3.44. The molecule has 110 valence electrons. The van der Waals surface area contributed by atoms with E-state index in [0.29, 0.717) is 6.54 Å². The van der Waals surface area contributed by atoms with Gasteiger partial charge >= 0.3 is 0 Å². The van der Waals surface area contributed by atoms with Crippen LogP contribution in [0.2, 0.25) is 0 Å². The monoisotopic (exact) mass is 300 g/mol. The Labute approximate surface area is 131 Å². The summed E-state index contributed by atoms with van der Waals surface area (Å²) in [5.41, 5.74) is 2.70. The predicted octanol–water partition coefficient (Wildman–Crippen LogP) is 2.92. The maximum absolute atomic E-state index is 12.9. The third kappa shape index (κ3) is 2.22. The Kier molecular flexibility index (Phi) is 3.44. The SMILES string of the molecule is C=CCN1C(=O)C2C(=NC1S)c1ccccc1CC2(C)C. The number of hydrogen-bond donors (Lipinski definition) is 1. The van der Waals surface area contributed by atoms with Crippen molar-refractivity contribution >= 4 is 24.2 Å². The molecule has 0 saturated carbocycles. The van der Waals surface area contributed by atoms with Crippen LogP contribution in [0.4, 0.5) is 0 Å². The molecule has 1 aromatic carbocycles. The van der Waals surface area contributed by atoms with Crippen LogP contribution in [0.1, 0.15) is 25.0 Å². The number of carbonyl (C=O) groups is 1. The van der Waals surface area contributed by atoms with E-state index in [2.05, 4.69) is 45.2 Å². The van der Waals surface area contributed by atoms with E-state index in [0.717, 1.165) is 17.7 Å². The molecule has 1 aromatic rings. The van der Waals surface area contributed by atoms with Crippen molar-refractivity contribution in [2.45, 2.75) is 25.8 Å². The average molecular weight is 300 g/mol. The Morgan fingerprint density at radius 2 is 2.19 bits per heavy atom. The van der Waals surface area contributed by atoms with Crippen LogP contribution in [0, 0.1) is 11.3 Å². The van der Waals surface area contributed by atoms with E-state index in [9.17, 15) is 4.79 Å². The quantitative estimate of drug-likeness (QED) is 0.661. The Hall–Kier alpha value is -1.55. The lowest BCUT2D eigenvalue weighted by atomic mass is 9.64. The first kappa shape index (κ1) is 14.4. The highest BCUT2D eigenvalue weighted by Crippen LogP contribution is 2.43. The van der Waals surface area contributed by atoms with Crippen LogP contribution in [0.15, 0.2) is 41.9 Å². The van der Waals surface area contributed by atoms with Gasteiger partial charge in [-0.25, -0.2) is 0 Å². The van der Waals surface area contributed by atoms with Crippen LogP contribution in [-0.4, -0.2) is 28.6 Å². The van der Waals surface area contributed by atoms with Gasteiger partial charge in [0.25, 0.3) is 0 Å². The van der Waals surface area contributed by atoms with E-state index >= 15 is 0 Å². The highest BCUT2D eigenvalue weighted by atomic mass is 32.1. The van der Waals surface area contributed by atoms with E-state index in [1.807, 2.05) is 12.1 Å². The van der Waals surface area contributed by atoms with Crippen molar-refractivity contribution in [2.75, 3.05) is 6.54 Å². The third-order valence-corrected chi connectivity index (χ3v) is 4.78. The molecular weight excluding hydrogens is 280 g/mol. The Morgan fingerprint density at radius 1 is 1.48 bits per heavy atom. The highest BCUT2D eigenvalue weighted by molar-refractivity contribution is 7.80. The molecule has 0 radical (unpaired) electrons. The zero-order valence-corrected chi connectivity index (χ0v) is 13.3. The summed E-state index contributed by atoms with van der Waals surface area (Å²) in [6.07, 6.45) is 2.61. The van der Waals surface area contributed by atoms with Gasteiger partial charge in [0.15, 0.2) is 5.50 Å². The molecule has 2 aliphatic rings. The smallest absolute Gasteiger partial charge is 0.234 e. The number of hydrogen-bond acceptors (Lipinski definition) is 3. The molecule has 21 heavy (non-hydrogen) atoms. The van der Waals surface area contributed by atoms with Gasteiger partial charge in [-0.05, 0) is 23.0 Å². The van der Waals surface area contributed by atoms with Crippen molar-refractivity contribution in [3.05, 3.63) is 48.0 Å². The minimum absolute atomic E-state index is 0.111. The van der Waals surface area contributed by atoms with Crippen molar-refractivity contribution in [3.8, 4) is 0 Å². The molecule has 3 rings (SSSR count). The van der Waals surface area contributed by atoms with Gasteiger partial charge in [0.2, 0.25) is 5.91 Å². The molecule has 1 aliphatic heterocycles. The van der Waals surface area contributed by atoms with Gasteiger partial charge in [-0.3, -0.25) is 9.79 Å². The molecule has 1 aliphatic carbocycles. The molecule has 0 spiro atoms. The van der Waals surface area contributed by atoms with Gasteiger partial charge in [0.1, 0.15) is 0 Å². The standard InChI is InChI=1S/C17H20N2OS/c1-4-9-19-15(20)13-14(18-16(19)21)12-8-6-5-7-11(12)10-17(13,2)3/h4-8,13,16,21H,1,9-10H2,2-3H3. The number of carbonyl (C=O) groups excluding carboxylic acids is 1. The van der Waals surface area contributed by atoms with Crippen LogP contribution in [0.25, 0.3) is 0 Å². The number of rotatable bonds is 2. The maximum atomic E-state index is 12.9. The van der Waals surface area contributed by atoms with E-state index in [1.54, 1.807) is 11.0 Å². The van der Waals surface area contributed by atoms with Crippen LogP contribution < -0.4 is 0 Å². The number of fused-ring (bicyclic) bond motifs is 3.